The summed E-state index contributed by atoms with van der Waals surface area (Å²) in [7, 11) is 0. The molecule has 7 heteroatoms. The topological polar surface area (TPSA) is 71.0 Å². The van der Waals surface area contributed by atoms with Crippen molar-refractivity contribution < 1.29 is 9.18 Å². The van der Waals surface area contributed by atoms with Gasteiger partial charge in [0.15, 0.2) is 0 Å². The van der Waals surface area contributed by atoms with Crippen LogP contribution >= 0.6 is 0 Å². The standard InChI is InChI=1S/C21H24FN5O/c1-13-7-18-20(8-14(13)2)27(12-24-18)11-16-9-19(26-25-16)21(28)23-10-15-5-3-4-6-17(15)22/h3-8,12,16,19,25-26H,9-11H2,1-2H3,(H,23,28). The Labute approximate surface area is 163 Å². The van der Waals surface area contributed by atoms with E-state index < -0.39 is 0 Å². The predicted molar refractivity (Wildman–Crippen MR) is 106 cm³/mol. The van der Waals surface area contributed by atoms with Gasteiger partial charge in [0.1, 0.15) is 11.9 Å². The van der Waals surface area contributed by atoms with Crippen LogP contribution in [0.5, 0.6) is 0 Å². The van der Waals surface area contributed by atoms with E-state index in [0.29, 0.717) is 18.5 Å². The van der Waals surface area contributed by atoms with Gasteiger partial charge < -0.3 is 9.88 Å². The number of hydrazine groups is 1. The molecular formula is C21H24FN5O. The molecule has 1 fully saturated rings. The monoisotopic (exact) mass is 381 g/mol. The number of carbonyl (C=O) groups excluding carboxylic acids is 1. The van der Waals surface area contributed by atoms with E-state index in [1.54, 1.807) is 18.2 Å². The molecule has 28 heavy (non-hydrogen) atoms. The zero-order valence-electron chi connectivity index (χ0n) is 16.0. The number of benzene rings is 2. The van der Waals surface area contributed by atoms with E-state index >= 15 is 0 Å². The van der Waals surface area contributed by atoms with Gasteiger partial charge in [-0.1, -0.05) is 18.2 Å². The molecule has 3 aromatic rings. The first-order chi connectivity index (χ1) is 13.5. The van der Waals surface area contributed by atoms with E-state index in [1.165, 1.54) is 17.2 Å². The molecule has 0 aliphatic carbocycles. The Morgan fingerprint density at radius 3 is 2.86 bits per heavy atom. The van der Waals surface area contributed by atoms with Crippen LogP contribution in [0.25, 0.3) is 11.0 Å². The number of rotatable bonds is 5. The molecule has 3 N–H and O–H groups in total. The van der Waals surface area contributed by atoms with Gasteiger partial charge in [-0.15, -0.1) is 0 Å². The molecular weight excluding hydrogens is 357 g/mol. The van der Waals surface area contributed by atoms with Gasteiger partial charge in [0.2, 0.25) is 5.91 Å². The number of imidazole rings is 1. The number of hydrogen-bond acceptors (Lipinski definition) is 4. The van der Waals surface area contributed by atoms with Crippen molar-refractivity contribution in [1.82, 2.24) is 25.7 Å². The minimum Gasteiger partial charge on any atom is -0.351 e. The van der Waals surface area contributed by atoms with E-state index in [4.69, 9.17) is 0 Å². The minimum absolute atomic E-state index is 0.100. The molecule has 1 aliphatic rings. The largest absolute Gasteiger partial charge is 0.351 e. The van der Waals surface area contributed by atoms with Gasteiger partial charge in [0, 0.05) is 24.7 Å². The van der Waals surface area contributed by atoms with Crippen LogP contribution in [-0.4, -0.2) is 27.5 Å². The maximum atomic E-state index is 13.7. The fourth-order valence-corrected chi connectivity index (χ4v) is 3.56. The van der Waals surface area contributed by atoms with Crippen LogP contribution in [0.15, 0.2) is 42.7 Å². The third-order valence-electron chi connectivity index (χ3n) is 5.36. The van der Waals surface area contributed by atoms with Crippen LogP contribution < -0.4 is 16.2 Å². The van der Waals surface area contributed by atoms with Gasteiger partial charge in [0.25, 0.3) is 0 Å². The first kappa shape index (κ1) is 18.6. The molecule has 0 spiro atoms. The summed E-state index contributed by atoms with van der Waals surface area (Å²) in [6, 6.07) is 10.5. The van der Waals surface area contributed by atoms with Crippen LogP contribution in [0, 0.1) is 19.7 Å². The van der Waals surface area contributed by atoms with Crippen molar-refractivity contribution in [3.8, 4) is 0 Å². The first-order valence-electron chi connectivity index (χ1n) is 9.45. The summed E-state index contributed by atoms with van der Waals surface area (Å²) in [5.74, 6) is -0.448. The van der Waals surface area contributed by atoms with Crippen molar-refractivity contribution in [3.05, 3.63) is 65.2 Å². The number of aryl methyl sites for hydroxylation is 2. The molecule has 1 saturated heterocycles. The van der Waals surface area contributed by atoms with E-state index in [0.717, 1.165) is 11.0 Å². The quantitative estimate of drug-likeness (QED) is 0.635. The van der Waals surface area contributed by atoms with E-state index in [9.17, 15) is 9.18 Å². The van der Waals surface area contributed by atoms with Crippen molar-refractivity contribution in [2.45, 2.75) is 45.4 Å². The highest BCUT2D eigenvalue weighted by atomic mass is 19.1. The Morgan fingerprint density at radius 2 is 2.04 bits per heavy atom. The normalized spacial score (nSPS) is 19.2. The average molecular weight is 381 g/mol. The molecule has 0 saturated carbocycles. The highest BCUT2D eigenvalue weighted by Gasteiger charge is 2.29. The van der Waals surface area contributed by atoms with Crippen molar-refractivity contribution in [1.29, 1.82) is 0 Å². The summed E-state index contributed by atoms with van der Waals surface area (Å²) in [5.41, 5.74) is 11.3. The van der Waals surface area contributed by atoms with Crippen LogP contribution in [0.2, 0.25) is 0 Å². The highest BCUT2D eigenvalue weighted by Crippen LogP contribution is 2.19. The highest BCUT2D eigenvalue weighted by molar-refractivity contribution is 5.82. The van der Waals surface area contributed by atoms with Crippen LogP contribution in [-0.2, 0) is 17.9 Å². The molecule has 1 aromatic heterocycles. The summed E-state index contributed by atoms with van der Waals surface area (Å²) >= 11 is 0. The summed E-state index contributed by atoms with van der Waals surface area (Å²) in [4.78, 5) is 16.9. The van der Waals surface area contributed by atoms with Crippen molar-refractivity contribution in [2.24, 2.45) is 0 Å². The van der Waals surface area contributed by atoms with Gasteiger partial charge in [0.05, 0.1) is 17.4 Å². The lowest BCUT2D eigenvalue weighted by Gasteiger charge is -2.12. The van der Waals surface area contributed by atoms with Crippen LogP contribution in [0.1, 0.15) is 23.1 Å². The number of nitrogens with zero attached hydrogens (tertiary/aromatic N) is 2. The van der Waals surface area contributed by atoms with Gasteiger partial charge in [-0.3, -0.25) is 10.2 Å². The van der Waals surface area contributed by atoms with Gasteiger partial charge in [-0.2, -0.15) is 0 Å². The summed E-state index contributed by atoms with van der Waals surface area (Å²) in [6.07, 6.45) is 2.49. The lowest BCUT2D eigenvalue weighted by atomic mass is 10.1. The smallest absolute Gasteiger partial charge is 0.238 e. The number of carbonyl (C=O) groups is 1. The molecule has 0 radical (unpaired) electrons. The molecule has 6 nitrogen and oxygen atoms in total. The zero-order chi connectivity index (χ0) is 19.7. The lowest BCUT2D eigenvalue weighted by Crippen LogP contribution is -2.43. The molecule has 2 aromatic carbocycles. The molecule has 4 rings (SSSR count). The Morgan fingerprint density at radius 1 is 1.25 bits per heavy atom. The SMILES string of the molecule is Cc1cc2ncn(CC3CC(C(=O)NCc4ccccc4F)NN3)c2cc1C. The van der Waals surface area contributed by atoms with E-state index in [2.05, 4.69) is 51.7 Å². The Bertz CT molecular complexity index is 1020. The van der Waals surface area contributed by atoms with Gasteiger partial charge in [-0.05, 0) is 49.6 Å². The van der Waals surface area contributed by atoms with Crippen molar-refractivity contribution >= 4 is 16.9 Å². The van der Waals surface area contributed by atoms with Crippen LogP contribution in [0.4, 0.5) is 4.39 Å². The third kappa shape index (κ3) is 3.76. The Kier molecular flexibility index (Phi) is 5.11. The predicted octanol–water partition coefficient (Wildman–Crippen LogP) is 2.34. The molecule has 2 atom stereocenters. The maximum Gasteiger partial charge on any atom is 0.238 e. The number of hydrogen-bond donors (Lipinski definition) is 3. The number of aromatic nitrogens is 2. The second kappa shape index (κ2) is 7.69. The zero-order valence-corrected chi connectivity index (χ0v) is 16.0. The van der Waals surface area contributed by atoms with Crippen molar-refractivity contribution in [2.75, 3.05) is 0 Å². The molecule has 2 heterocycles. The van der Waals surface area contributed by atoms with Gasteiger partial charge >= 0.3 is 0 Å². The molecule has 1 aliphatic heterocycles. The van der Waals surface area contributed by atoms with E-state index in [-0.39, 0.29) is 30.4 Å². The molecule has 0 bridgehead atoms. The average Bonchev–Trinajstić information content (AvgIpc) is 3.29. The number of nitrogens with one attached hydrogen (secondary N) is 3. The molecule has 1 amide bonds. The summed E-state index contributed by atoms with van der Waals surface area (Å²) < 4.78 is 15.8. The molecule has 146 valence electrons. The Balaban J connectivity index is 1.36. The van der Waals surface area contributed by atoms with E-state index in [1.807, 2.05) is 6.33 Å². The third-order valence-corrected chi connectivity index (χ3v) is 5.36. The second-order valence-corrected chi connectivity index (χ2v) is 7.41. The van der Waals surface area contributed by atoms with Gasteiger partial charge in [-0.25, -0.2) is 14.8 Å². The lowest BCUT2D eigenvalue weighted by molar-refractivity contribution is -0.123. The number of fused-ring (bicyclic) bond motifs is 1. The minimum atomic E-state index is -0.351. The fourth-order valence-electron chi connectivity index (χ4n) is 3.56. The summed E-state index contributed by atoms with van der Waals surface area (Å²) in [6.45, 7) is 5.07. The number of halogens is 1. The molecule has 2 unspecified atom stereocenters. The maximum absolute atomic E-state index is 13.7. The van der Waals surface area contributed by atoms with Crippen molar-refractivity contribution in [3.63, 3.8) is 0 Å². The number of amides is 1. The van der Waals surface area contributed by atoms with Crippen LogP contribution in [0.3, 0.4) is 0 Å². The fraction of sp³-hybridized carbons (Fsp3) is 0.333. The second-order valence-electron chi connectivity index (χ2n) is 7.41. The summed E-state index contributed by atoms with van der Waals surface area (Å²) in [5, 5.41) is 2.80. The Hall–Kier alpha value is -2.77. The first-order valence-corrected chi connectivity index (χ1v) is 9.45.